The molecule has 108 valence electrons. The van der Waals surface area contributed by atoms with E-state index in [1.807, 2.05) is 18.2 Å². The van der Waals surface area contributed by atoms with Crippen LogP contribution < -0.4 is 15.2 Å². The van der Waals surface area contributed by atoms with Crippen molar-refractivity contribution >= 4 is 18.1 Å². The quantitative estimate of drug-likeness (QED) is 0.845. The number of benzene rings is 1. The fourth-order valence-corrected chi connectivity index (χ4v) is 2.27. The third-order valence-corrected chi connectivity index (χ3v) is 3.30. The van der Waals surface area contributed by atoms with Gasteiger partial charge in [0.1, 0.15) is 6.61 Å². The summed E-state index contributed by atoms with van der Waals surface area (Å²) >= 11 is 0. The number of nitrogens with zero attached hydrogens (tertiary/aromatic N) is 1. The standard InChI is InChI=1S/C14H22N2O2.ClH/c1-17-13-6-5-12(15)11-14(13)18-10-9-16-7-3-2-4-8-16;/h5-6,11H,2-4,7-10,15H2,1H3;1H. The largest absolute Gasteiger partial charge is 0.493 e. The van der Waals surface area contributed by atoms with Crippen LogP contribution in [0.25, 0.3) is 0 Å². The van der Waals surface area contributed by atoms with Gasteiger partial charge < -0.3 is 15.2 Å². The number of methoxy groups -OCH3 is 1. The Labute approximate surface area is 121 Å². The van der Waals surface area contributed by atoms with E-state index in [1.165, 1.54) is 32.4 Å². The zero-order valence-electron chi connectivity index (χ0n) is 11.4. The van der Waals surface area contributed by atoms with Gasteiger partial charge in [-0.2, -0.15) is 0 Å². The Morgan fingerprint density at radius 3 is 2.58 bits per heavy atom. The first-order valence-corrected chi connectivity index (χ1v) is 6.58. The summed E-state index contributed by atoms with van der Waals surface area (Å²) in [6, 6.07) is 5.47. The molecule has 1 aromatic carbocycles. The van der Waals surface area contributed by atoms with Gasteiger partial charge in [-0.25, -0.2) is 0 Å². The van der Waals surface area contributed by atoms with Crippen molar-refractivity contribution in [2.24, 2.45) is 0 Å². The van der Waals surface area contributed by atoms with Gasteiger partial charge in [0.25, 0.3) is 0 Å². The molecule has 1 aliphatic rings. The lowest BCUT2D eigenvalue weighted by Gasteiger charge is -2.26. The normalized spacial score (nSPS) is 15.6. The highest BCUT2D eigenvalue weighted by Gasteiger charge is 2.10. The highest BCUT2D eigenvalue weighted by atomic mass is 35.5. The van der Waals surface area contributed by atoms with Crippen molar-refractivity contribution < 1.29 is 9.47 Å². The molecule has 4 nitrogen and oxygen atoms in total. The van der Waals surface area contributed by atoms with Crippen LogP contribution in [0.3, 0.4) is 0 Å². The van der Waals surface area contributed by atoms with E-state index < -0.39 is 0 Å². The van der Waals surface area contributed by atoms with Gasteiger partial charge >= 0.3 is 0 Å². The molecule has 2 N–H and O–H groups in total. The summed E-state index contributed by atoms with van der Waals surface area (Å²) < 4.78 is 11.0. The molecule has 1 aliphatic heterocycles. The average molecular weight is 287 g/mol. The number of halogens is 1. The molecular formula is C14H23ClN2O2. The number of ether oxygens (including phenoxy) is 2. The number of nitrogen functional groups attached to an aromatic ring is 1. The van der Waals surface area contributed by atoms with Crippen molar-refractivity contribution in [3.05, 3.63) is 18.2 Å². The van der Waals surface area contributed by atoms with E-state index in [0.717, 1.165) is 18.0 Å². The van der Waals surface area contributed by atoms with Gasteiger partial charge in [0, 0.05) is 18.3 Å². The maximum Gasteiger partial charge on any atom is 0.163 e. The Kier molecular flexibility index (Phi) is 6.81. The number of anilines is 1. The lowest BCUT2D eigenvalue weighted by Crippen LogP contribution is -2.33. The molecule has 1 heterocycles. The second kappa shape index (κ2) is 8.12. The molecule has 0 amide bonds. The monoisotopic (exact) mass is 286 g/mol. The molecule has 19 heavy (non-hydrogen) atoms. The van der Waals surface area contributed by atoms with Crippen molar-refractivity contribution in [3.8, 4) is 11.5 Å². The number of hydrogen-bond donors (Lipinski definition) is 1. The molecule has 0 unspecified atom stereocenters. The Bertz CT molecular complexity index is 382. The molecule has 5 heteroatoms. The van der Waals surface area contributed by atoms with Crippen LogP contribution in [-0.2, 0) is 0 Å². The maximum atomic E-state index is 5.76. The summed E-state index contributed by atoms with van der Waals surface area (Å²) in [7, 11) is 1.64. The molecule has 1 aromatic rings. The third-order valence-electron chi connectivity index (χ3n) is 3.30. The summed E-state index contributed by atoms with van der Waals surface area (Å²) in [5, 5.41) is 0. The van der Waals surface area contributed by atoms with Crippen molar-refractivity contribution in [1.82, 2.24) is 4.90 Å². The summed E-state index contributed by atoms with van der Waals surface area (Å²) in [6.45, 7) is 4.03. The summed E-state index contributed by atoms with van der Waals surface area (Å²) in [5.41, 5.74) is 6.45. The van der Waals surface area contributed by atoms with E-state index in [9.17, 15) is 0 Å². The lowest BCUT2D eigenvalue weighted by molar-refractivity contribution is 0.180. The molecule has 0 spiro atoms. The minimum atomic E-state index is 0. The summed E-state index contributed by atoms with van der Waals surface area (Å²) in [6.07, 6.45) is 3.98. The first kappa shape index (κ1) is 15.9. The number of hydrogen-bond acceptors (Lipinski definition) is 4. The fourth-order valence-electron chi connectivity index (χ4n) is 2.27. The first-order valence-electron chi connectivity index (χ1n) is 6.58. The van der Waals surface area contributed by atoms with Crippen molar-refractivity contribution in [2.45, 2.75) is 19.3 Å². The SMILES string of the molecule is COc1ccc(N)cc1OCCN1CCCCC1.Cl. The highest BCUT2D eigenvalue weighted by Crippen LogP contribution is 2.28. The minimum Gasteiger partial charge on any atom is -0.493 e. The van der Waals surface area contributed by atoms with E-state index >= 15 is 0 Å². The first-order chi connectivity index (χ1) is 8.79. The van der Waals surface area contributed by atoms with E-state index in [-0.39, 0.29) is 12.4 Å². The molecule has 0 aliphatic carbocycles. The Morgan fingerprint density at radius 2 is 1.89 bits per heavy atom. The predicted molar refractivity (Wildman–Crippen MR) is 80.4 cm³/mol. The maximum absolute atomic E-state index is 5.76. The van der Waals surface area contributed by atoms with Gasteiger partial charge in [0.2, 0.25) is 0 Å². The van der Waals surface area contributed by atoms with Crippen LogP contribution in [0.1, 0.15) is 19.3 Å². The second-order valence-electron chi connectivity index (χ2n) is 4.66. The third kappa shape index (κ3) is 4.80. The second-order valence-corrected chi connectivity index (χ2v) is 4.66. The smallest absolute Gasteiger partial charge is 0.163 e. The van der Waals surface area contributed by atoms with Gasteiger partial charge in [-0.3, -0.25) is 4.90 Å². The molecule has 0 radical (unpaired) electrons. The van der Waals surface area contributed by atoms with Crippen LogP contribution in [0.5, 0.6) is 11.5 Å². The zero-order chi connectivity index (χ0) is 12.8. The van der Waals surface area contributed by atoms with Gasteiger partial charge in [0.15, 0.2) is 11.5 Å². The van der Waals surface area contributed by atoms with Crippen LogP contribution in [0.15, 0.2) is 18.2 Å². The molecule has 0 aromatic heterocycles. The Balaban J connectivity index is 0.00000180. The molecule has 0 atom stereocenters. The van der Waals surface area contributed by atoms with E-state index in [0.29, 0.717) is 12.3 Å². The summed E-state index contributed by atoms with van der Waals surface area (Å²) in [4.78, 5) is 2.45. The van der Waals surface area contributed by atoms with Crippen LogP contribution in [0.2, 0.25) is 0 Å². The number of rotatable bonds is 5. The van der Waals surface area contributed by atoms with E-state index in [4.69, 9.17) is 15.2 Å². The van der Waals surface area contributed by atoms with Crippen LogP contribution >= 0.6 is 12.4 Å². The average Bonchev–Trinajstić information content (AvgIpc) is 2.40. The van der Waals surface area contributed by atoms with Crippen molar-refractivity contribution in [2.75, 3.05) is 39.1 Å². The van der Waals surface area contributed by atoms with Gasteiger partial charge in [-0.15, -0.1) is 12.4 Å². The molecule has 1 fully saturated rings. The zero-order valence-corrected chi connectivity index (χ0v) is 12.2. The molecule has 1 saturated heterocycles. The molecule has 0 bridgehead atoms. The van der Waals surface area contributed by atoms with Gasteiger partial charge in [-0.05, 0) is 38.1 Å². The molecule has 2 rings (SSSR count). The topological polar surface area (TPSA) is 47.7 Å². The predicted octanol–water partition coefficient (Wildman–Crippen LogP) is 2.56. The van der Waals surface area contributed by atoms with E-state index in [2.05, 4.69) is 4.90 Å². The highest BCUT2D eigenvalue weighted by molar-refractivity contribution is 5.85. The lowest BCUT2D eigenvalue weighted by atomic mass is 10.1. The number of nitrogens with two attached hydrogens (primary N) is 1. The molecular weight excluding hydrogens is 264 g/mol. The Hall–Kier alpha value is -1.13. The van der Waals surface area contributed by atoms with E-state index in [1.54, 1.807) is 7.11 Å². The Morgan fingerprint density at radius 1 is 1.16 bits per heavy atom. The van der Waals surface area contributed by atoms with Crippen molar-refractivity contribution in [3.63, 3.8) is 0 Å². The minimum absolute atomic E-state index is 0. The number of piperidine rings is 1. The van der Waals surface area contributed by atoms with Gasteiger partial charge in [-0.1, -0.05) is 6.42 Å². The summed E-state index contributed by atoms with van der Waals surface area (Å²) in [5.74, 6) is 1.47. The number of likely N-dealkylation sites (tertiary alicyclic amines) is 1. The van der Waals surface area contributed by atoms with Crippen LogP contribution in [0, 0.1) is 0 Å². The van der Waals surface area contributed by atoms with Crippen molar-refractivity contribution in [1.29, 1.82) is 0 Å². The molecule has 0 saturated carbocycles. The van der Waals surface area contributed by atoms with Gasteiger partial charge in [0.05, 0.1) is 7.11 Å². The van der Waals surface area contributed by atoms with Crippen LogP contribution in [0.4, 0.5) is 5.69 Å². The van der Waals surface area contributed by atoms with Crippen LogP contribution in [-0.4, -0.2) is 38.3 Å². The fraction of sp³-hybridized carbons (Fsp3) is 0.571.